The summed E-state index contributed by atoms with van der Waals surface area (Å²) in [6, 6.07) is 10.0. The monoisotopic (exact) mass is 340 g/mol. The molecular formula is C20H28N4O. The maximum atomic E-state index is 12.0. The Balaban J connectivity index is 2.01. The van der Waals surface area contributed by atoms with Crippen molar-refractivity contribution < 1.29 is 4.79 Å². The Morgan fingerprint density at radius 1 is 1.20 bits per heavy atom. The predicted octanol–water partition coefficient (Wildman–Crippen LogP) is 2.96. The van der Waals surface area contributed by atoms with Crippen LogP contribution in [0.2, 0.25) is 0 Å². The summed E-state index contributed by atoms with van der Waals surface area (Å²) in [6.07, 6.45) is 3.44. The average molecular weight is 340 g/mol. The average Bonchev–Trinajstić information content (AvgIpc) is 2.92. The van der Waals surface area contributed by atoms with E-state index in [4.69, 9.17) is 0 Å². The molecule has 2 aromatic rings. The van der Waals surface area contributed by atoms with Crippen molar-refractivity contribution in [3.63, 3.8) is 0 Å². The maximum absolute atomic E-state index is 12.0. The summed E-state index contributed by atoms with van der Waals surface area (Å²) in [6.45, 7) is 11.8. The highest BCUT2D eigenvalue weighted by molar-refractivity contribution is 5.92. The van der Waals surface area contributed by atoms with Gasteiger partial charge >= 0.3 is 0 Å². The van der Waals surface area contributed by atoms with Gasteiger partial charge in [-0.05, 0) is 45.1 Å². The number of hydrogen-bond donors (Lipinski definition) is 1. The summed E-state index contributed by atoms with van der Waals surface area (Å²) in [5.74, 6) is -0.0709. The van der Waals surface area contributed by atoms with Gasteiger partial charge in [-0.3, -0.25) is 4.79 Å². The number of benzene rings is 1. The van der Waals surface area contributed by atoms with E-state index in [0.717, 1.165) is 42.3 Å². The van der Waals surface area contributed by atoms with Crippen molar-refractivity contribution in [2.24, 2.45) is 0 Å². The molecule has 0 unspecified atom stereocenters. The number of rotatable bonds is 8. The first-order valence-electron chi connectivity index (χ1n) is 8.86. The Labute approximate surface area is 150 Å². The fraction of sp³-hybridized carbons (Fsp3) is 0.400. The summed E-state index contributed by atoms with van der Waals surface area (Å²) in [4.78, 5) is 14.3. The van der Waals surface area contributed by atoms with E-state index in [1.165, 1.54) is 0 Å². The van der Waals surface area contributed by atoms with Crippen LogP contribution in [0.25, 0.3) is 11.8 Å². The van der Waals surface area contributed by atoms with Gasteiger partial charge in [-0.1, -0.05) is 32.0 Å². The van der Waals surface area contributed by atoms with Crippen LogP contribution < -0.4 is 5.32 Å². The second-order valence-electron chi connectivity index (χ2n) is 5.98. The molecule has 1 aromatic heterocycles. The van der Waals surface area contributed by atoms with Crippen molar-refractivity contribution in [2.75, 3.05) is 26.2 Å². The lowest BCUT2D eigenvalue weighted by atomic mass is 10.2. The normalized spacial score (nSPS) is 11.4. The number of likely N-dealkylation sites (N-methyl/N-ethyl adjacent to an activating group) is 1. The molecule has 0 bridgehead atoms. The number of hydrogen-bond acceptors (Lipinski definition) is 3. The van der Waals surface area contributed by atoms with Crippen LogP contribution in [-0.4, -0.2) is 46.8 Å². The van der Waals surface area contributed by atoms with Crippen LogP contribution in [0.4, 0.5) is 0 Å². The summed E-state index contributed by atoms with van der Waals surface area (Å²) in [5.41, 5.74) is 3.94. The molecule has 0 aliphatic carbocycles. The lowest BCUT2D eigenvalue weighted by molar-refractivity contribution is -0.116. The molecule has 25 heavy (non-hydrogen) atoms. The van der Waals surface area contributed by atoms with E-state index in [9.17, 15) is 4.79 Å². The lowest BCUT2D eigenvalue weighted by Crippen LogP contribution is -2.34. The van der Waals surface area contributed by atoms with Gasteiger partial charge < -0.3 is 10.2 Å². The quantitative estimate of drug-likeness (QED) is 0.752. The summed E-state index contributed by atoms with van der Waals surface area (Å²) in [7, 11) is 0. The molecule has 0 atom stereocenters. The molecule has 0 saturated heterocycles. The summed E-state index contributed by atoms with van der Waals surface area (Å²) >= 11 is 0. The zero-order valence-corrected chi connectivity index (χ0v) is 15.6. The standard InChI is InChI=1S/C20H28N4O/c1-5-23(6-2)15-14-21-20(25)13-12-19-16(3)22-24(17(19)4)18-10-8-7-9-11-18/h7-13H,5-6,14-15H2,1-4H3,(H,21,25). The molecule has 0 aliphatic heterocycles. The topological polar surface area (TPSA) is 50.2 Å². The molecule has 1 aromatic carbocycles. The minimum atomic E-state index is -0.0709. The number of para-hydroxylation sites is 1. The molecule has 1 N–H and O–H groups in total. The first-order valence-corrected chi connectivity index (χ1v) is 8.86. The number of nitrogens with zero attached hydrogens (tertiary/aromatic N) is 3. The van der Waals surface area contributed by atoms with Crippen LogP contribution in [0.1, 0.15) is 30.8 Å². The van der Waals surface area contributed by atoms with Crippen LogP contribution in [-0.2, 0) is 4.79 Å². The van der Waals surface area contributed by atoms with Crippen molar-refractivity contribution in [1.29, 1.82) is 0 Å². The molecule has 1 amide bonds. The summed E-state index contributed by atoms with van der Waals surface area (Å²) < 4.78 is 1.91. The van der Waals surface area contributed by atoms with Crippen molar-refractivity contribution in [3.8, 4) is 5.69 Å². The minimum Gasteiger partial charge on any atom is -0.351 e. The largest absolute Gasteiger partial charge is 0.351 e. The van der Waals surface area contributed by atoms with E-state index in [1.807, 2.05) is 54.9 Å². The molecule has 0 fully saturated rings. The van der Waals surface area contributed by atoms with Gasteiger partial charge in [0, 0.05) is 30.4 Å². The van der Waals surface area contributed by atoms with Gasteiger partial charge in [-0.15, -0.1) is 0 Å². The fourth-order valence-corrected chi connectivity index (χ4v) is 2.81. The highest BCUT2D eigenvalue weighted by atomic mass is 16.1. The molecule has 0 saturated carbocycles. The Kier molecular flexibility index (Phi) is 6.95. The molecule has 0 aliphatic rings. The Hall–Kier alpha value is -2.40. The van der Waals surface area contributed by atoms with E-state index in [1.54, 1.807) is 6.08 Å². The molecule has 2 rings (SSSR count). The molecule has 0 radical (unpaired) electrons. The first-order chi connectivity index (χ1) is 12.1. The smallest absolute Gasteiger partial charge is 0.244 e. The number of carbonyl (C=O) groups is 1. The SMILES string of the molecule is CCN(CC)CCNC(=O)C=Cc1c(C)nn(-c2ccccc2)c1C. The lowest BCUT2D eigenvalue weighted by Gasteiger charge is -2.17. The van der Waals surface area contributed by atoms with E-state index in [2.05, 4.69) is 29.2 Å². The van der Waals surface area contributed by atoms with E-state index in [0.29, 0.717) is 6.54 Å². The Morgan fingerprint density at radius 2 is 1.88 bits per heavy atom. The van der Waals surface area contributed by atoms with Gasteiger partial charge in [-0.2, -0.15) is 5.10 Å². The van der Waals surface area contributed by atoms with Gasteiger partial charge in [0.15, 0.2) is 0 Å². The zero-order valence-electron chi connectivity index (χ0n) is 15.6. The number of amides is 1. The number of carbonyl (C=O) groups excluding carboxylic acids is 1. The van der Waals surface area contributed by atoms with Crippen molar-refractivity contribution >= 4 is 12.0 Å². The van der Waals surface area contributed by atoms with E-state index < -0.39 is 0 Å². The molecule has 1 heterocycles. The first kappa shape index (κ1) is 18.9. The highest BCUT2D eigenvalue weighted by Crippen LogP contribution is 2.18. The second-order valence-corrected chi connectivity index (χ2v) is 5.98. The second kappa shape index (κ2) is 9.18. The fourth-order valence-electron chi connectivity index (χ4n) is 2.81. The van der Waals surface area contributed by atoms with Gasteiger partial charge in [0.2, 0.25) is 5.91 Å². The number of aryl methyl sites for hydroxylation is 1. The molecule has 134 valence electrons. The van der Waals surface area contributed by atoms with E-state index >= 15 is 0 Å². The van der Waals surface area contributed by atoms with Crippen LogP contribution in [0, 0.1) is 13.8 Å². The Bertz CT molecular complexity index is 715. The van der Waals surface area contributed by atoms with Crippen LogP contribution in [0.5, 0.6) is 0 Å². The zero-order chi connectivity index (χ0) is 18.2. The molecule has 5 heteroatoms. The van der Waals surface area contributed by atoms with Gasteiger partial charge in [0.05, 0.1) is 11.4 Å². The van der Waals surface area contributed by atoms with Crippen LogP contribution >= 0.6 is 0 Å². The minimum absolute atomic E-state index is 0.0709. The highest BCUT2D eigenvalue weighted by Gasteiger charge is 2.10. The van der Waals surface area contributed by atoms with Crippen molar-refractivity contribution in [3.05, 3.63) is 53.4 Å². The molecule has 5 nitrogen and oxygen atoms in total. The van der Waals surface area contributed by atoms with Crippen molar-refractivity contribution in [2.45, 2.75) is 27.7 Å². The van der Waals surface area contributed by atoms with Gasteiger partial charge in [-0.25, -0.2) is 4.68 Å². The van der Waals surface area contributed by atoms with Gasteiger partial charge in [0.25, 0.3) is 0 Å². The number of nitrogens with one attached hydrogen (secondary N) is 1. The Morgan fingerprint density at radius 3 is 2.52 bits per heavy atom. The third kappa shape index (κ3) is 5.03. The predicted molar refractivity (Wildman–Crippen MR) is 103 cm³/mol. The third-order valence-electron chi connectivity index (χ3n) is 4.37. The number of aromatic nitrogens is 2. The van der Waals surface area contributed by atoms with Crippen molar-refractivity contribution in [1.82, 2.24) is 20.0 Å². The van der Waals surface area contributed by atoms with Crippen LogP contribution in [0.15, 0.2) is 36.4 Å². The summed E-state index contributed by atoms with van der Waals surface area (Å²) in [5, 5.41) is 7.53. The molecule has 0 spiro atoms. The van der Waals surface area contributed by atoms with Crippen LogP contribution in [0.3, 0.4) is 0 Å². The van der Waals surface area contributed by atoms with Gasteiger partial charge in [0.1, 0.15) is 0 Å². The third-order valence-corrected chi connectivity index (χ3v) is 4.37. The van der Waals surface area contributed by atoms with E-state index in [-0.39, 0.29) is 5.91 Å². The molecular weight excluding hydrogens is 312 g/mol. The maximum Gasteiger partial charge on any atom is 0.244 e.